The Morgan fingerprint density at radius 1 is 1.06 bits per heavy atom. The fraction of sp³-hybridized carbons (Fsp3) is 0.133. The molecular formula is C15H12ClNO. The molecule has 0 heterocycles. The number of hydrogen-bond donors (Lipinski definition) is 1. The van der Waals surface area contributed by atoms with Gasteiger partial charge in [0.2, 0.25) is 0 Å². The van der Waals surface area contributed by atoms with E-state index in [4.69, 9.17) is 16.9 Å². The van der Waals surface area contributed by atoms with E-state index in [-0.39, 0.29) is 0 Å². The standard InChI is InChI=1S/C15H12ClNO/c16-14-7-5-13(6-8-14)15(18)9-11-1-3-12(10-17)4-2-11/h1-8,15,18H,9H2/t15-/m0/s1. The highest BCUT2D eigenvalue weighted by atomic mass is 35.5. The molecule has 0 unspecified atom stereocenters. The molecule has 2 aromatic rings. The van der Waals surface area contributed by atoms with E-state index in [0.29, 0.717) is 17.0 Å². The van der Waals surface area contributed by atoms with Gasteiger partial charge in [-0.2, -0.15) is 5.26 Å². The maximum atomic E-state index is 10.1. The van der Waals surface area contributed by atoms with Crippen molar-refractivity contribution in [3.05, 3.63) is 70.2 Å². The van der Waals surface area contributed by atoms with Crippen LogP contribution in [0.25, 0.3) is 0 Å². The van der Waals surface area contributed by atoms with E-state index in [0.717, 1.165) is 11.1 Å². The highest BCUT2D eigenvalue weighted by Gasteiger charge is 2.08. The van der Waals surface area contributed by atoms with Crippen LogP contribution in [0.15, 0.2) is 48.5 Å². The Morgan fingerprint density at radius 2 is 1.67 bits per heavy atom. The quantitative estimate of drug-likeness (QED) is 0.915. The van der Waals surface area contributed by atoms with Gasteiger partial charge in [-0.05, 0) is 35.4 Å². The Morgan fingerprint density at radius 3 is 2.22 bits per heavy atom. The maximum Gasteiger partial charge on any atom is 0.0991 e. The molecule has 0 amide bonds. The van der Waals surface area contributed by atoms with Crippen LogP contribution in [0, 0.1) is 11.3 Å². The van der Waals surface area contributed by atoms with Crippen molar-refractivity contribution in [2.45, 2.75) is 12.5 Å². The monoisotopic (exact) mass is 257 g/mol. The lowest BCUT2D eigenvalue weighted by molar-refractivity contribution is 0.178. The number of rotatable bonds is 3. The van der Waals surface area contributed by atoms with Gasteiger partial charge in [0, 0.05) is 11.4 Å². The maximum absolute atomic E-state index is 10.1. The molecule has 0 aliphatic heterocycles. The van der Waals surface area contributed by atoms with Crippen LogP contribution in [0.5, 0.6) is 0 Å². The lowest BCUT2D eigenvalue weighted by Gasteiger charge is -2.11. The average Bonchev–Trinajstić information content (AvgIpc) is 2.40. The van der Waals surface area contributed by atoms with Crippen LogP contribution in [0.3, 0.4) is 0 Å². The van der Waals surface area contributed by atoms with E-state index < -0.39 is 6.10 Å². The van der Waals surface area contributed by atoms with Crippen molar-refractivity contribution in [3.63, 3.8) is 0 Å². The highest BCUT2D eigenvalue weighted by molar-refractivity contribution is 6.30. The molecule has 0 aromatic heterocycles. The van der Waals surface area contributed by atoms with Gasteiger partial charge in [0.25, 0.3) is 0 Å². The summed E-state index contributed by atoms with van der Waals surface area (Å²) in [5, 5.41) is 19.4. The zero-order chi connectivity index (χ0) is 13.0. The SMILES string of the molecule is N#Cc1ccc(C[C@H](O)c2ccc(Cl)cc2)cc1. The van der Waals surface area contributed by atoms with Crippen molar-refractivity contribution < 1.29 is 5.11 Å². The molecular weight excluding hydrogens is 246 g/mol. The Kier molecular flexibility index (Phi) is 3.99. The van der Waals surface area contributed by atoms with Crippen LogP contribution >= 0.6 is 11.6 Å². The summed E-state index contributed by atoms with van der Waals surface area (Å²) in [6.45, 7) is 0. The van der Waals surface area contributed by atoms with Gasteiger partial charge in [0.1, 0.15) is 0 Å². The molecule has 0 aliphatic carbocycles. The lowest BCUT2D eigenvalue weighted by atomic mass is 10.0. The Balaban J connectivity index is 2.08. The molecule has 0 aliphatic rings. The lowest BCUT2D eigenvalue weighted by Crippen LogP contribution is -2.01. The molecule has 0 radical (unpaired) electrons. The summed E-state index contributed by atoms with van der Waals surface area (Å²) in [5.74, 6) is 0. The number of nitrogens with zero attached hydrogens (tertiary/aromatic N) is 1. The van der Waals surface area contributed by atoms with Crippen LogP contribution in [-0.4, -0.2) is 5.11 Å². The topological polar surface area (TPSA) is 44.0 Å². The first-order chi connectivity index (χ1) is 8.69. The third-order valence-electron chi connectivity index (χ3n) is 2.77. The van der Waals surface area contributed by atoms with Crippen LogP contribution < -0.4 is 0 Å². The minimum absolute atomic E-state index is 0.521. The number of hydrogen-bond acceptors (Lipinski definition) is 2. The summed E-state index contributed by atoms with van der Waals surface area (Å²) in [6.07, 6.45) is -0.0388. The van der Waals surface area contributed by atoms with Crippen molar-refractivity contribution in [1.29, 1.82) is 5.26 Å². The number of halogens is 1. The van der Waals surface area contributed by atoms with E-state index in [2.05, 4.69) is 6.07 Å². The molecule has 18 heavy (non-hydrogen) atoms. The second-order valence-electron chi connectivity index (χ2n) is 4.08. The predicted molar refractivity (Wildman–Crippen MR) is 71.3 cm³/mol. The van der Waals surface area contributed by atoms with Gasteiger partial charge in [-0.3, -0.25) is 0 Å². The summed E-state index contributed by atoms with van der Waals surface area (Å²) in [7, 11) is 0. The molecule has 0 saturated carbocycles. The van der Waals surface area contributed by atoms with Crippen molar-refractivity contribution in [1.82, 2.24) is 0 Å². The van der Waals surface area contributed by atoms with Crippen LogP contribution in [0.1, 0.15) is 22.8 Å². The van der Waals surface area contributed by atoms with E-state index in [1.165, 1.54) is 0 Å². The molecule has 0 saturated heterocycles. The van der Waals surface area contributed by atoms with E-state index in [1.54, 1.807) is 24.3 Å². The first-order valence-electron chi connectivity index (χ1n) is 5.61. The van der Waals surface area contributed by atoms with Crippen molar-refractivity contribution >= 4 is 11.6 Å². The van der Waals surface area contributed by atoms with Crippen molar-refractivity contribution in [3.8, 4) is 6.07 Å². The molecule has 1 N–H and O–H groups in total. The molecule has 1 atom stereocenters. The van der Waals surface area contributed by atoms with Crippen molar-refractivity contribution in [2.75, 3.05) is 0 Å². The molecule has 90 valence electrons. The van der Waals surface area contributed by atoms with Gasteiger partial charge in [-0.15, -0.1) is 0 Å². The largest absolute Gasteiger partial charge is 0.388 e. The van der Waals surface area contributed by atoms with E-state index >= 15 is 0 Å². The smallest absolute Gasteiger partial charge is 0.0991 e. The van der Waals surface area contributed by atoms with Gasteiger partial charge < -0.3 is 5.11 Å². The highest BCUT2D eigenvalue weighted by Crippen LogP contribution is 2.20. The van der Waals surface area contributed by atoms with Gasteiger partial charge in [-0.25, -0.2) is 0 Å². The minimum atomic E-state index is -0.560. The van der Waals surface area contributed by atoms with Crippen LogP contribution in [-0.2, 0) is 6.42 Å². The summed E-state index contributed by atoms with van der Waals surface area (Å²) in [5.41, 5.74) is 2.46. The van der Waals surface area contributed by atoms with Gasteiger partial charge >= 0.3 is 0 Å². The van der Waals surface area contributed by atoms with Gasteiger partial charge in [-0.1, -0.05) is 35.9 Å². The van der Waals surface area contributed by atoms with Crippen molar-refractivity contribution in [2.24, 2.45) is 0 Å². The third-order valence-corrected chi connectivity index (χ3v) is 3.02. The first-order valence-corrected chi connectivity index (χ1v) is 5.99. The zero-order valence-electron chi connectivity index (χ0n) is 9.68. The normalized spacial score (nSPS) is 11.8. The molecule has 0 spiro atoms. The number of aliphatic hydroxyl groups excluding tert-OH is 1. The average molecular weight is 258 g/mol. The second-order valence-corrected chi connectivity index (χ2v) is 4.52. The molecule has 0 fully saturated rings. The summed E-state index contributed by atoms with van der Waals surface area (Å²) in [4.78, 5) is 0. The molecule has 2 nitrogen and oxygen atoms in total. The molecule has 0 bridgehead atoms. The van der Waals surface area contributed by atoms with E-state index in [1.807, 2.05) is 24.3 Å². The van der Waals surface area contributed by atoms with Crippen LogP contribution in [0.2, 0.25) is 5.02 Å². The molecule has 2 rings (SSSR count). The Hall–Kier alpha value is -1.82. The predicted octanol–water partition coefficient (Wildman–Crippen LogP) is 3.49. The fourth-order valence-electron chi connectivity index (χ4n) is 1.74. The number of benzene rings is 2. The number of nitriles is 1. The summed E-state index contributed by atoms with van der Waals surface area (Å²) < 4.78 is 0. The van der Waals surface area contributed by atoms with Gasteiger partial charge in [0.15, 0.2) is 0 Å². The zero-order valence-corrected chi connectivity index (χ0v) is 10.4. The summed E-state index contributed by atoms with van der Waals surface area (Å²) in [6, 6.07) is 16.5. The molecule has 2 aromatic carbocycles. The number of aliphatic hydroxyl groups is 1. The Labute approximate surface area is 111 Å². The first kappa shape index (κ1) is 12.6. The van der Waals surface area contributed by atoms with Gasteiger partial charge in [0.05, 0.1) is 17.7 Å². The fourth-order valence-corrected chi connectivity index (χ4v) is 1.87. The third kappa shape index (κ3) is 3.10. The van der Waals surface area contributed by atoms with Crippen LogP contribution in [0.4, 0.5) is 0 Å². The minimum Gasteiger partial charge on any atom is -0.388 e. The second kappa shape index (κ2) is 5.68. The Bertz CT molecular complexity index is 555. The molecule has 3 heteroatoms. The summed E-state index contributed by atoms with van der Waals surface area (Å²) >= 11 is 5.80. The van der Waals surface area contributed by atoms with E-state index in [9.17, 15) is 5.11 Å².